The quantitative estimate of drug-likeness (QED) is 0.766. The highest BCUT2D eigenvalue weighted by molar-refractivity contribution is 4.84. The molecule has 1 heterocycles. The standard InChI is InChI=1S/C9H18N4.C2H6/c1-5-13(8(2)3)6-9-11-10-7-12(9)4;1-2/h7-8H,5-6H2,1-4H3;1-2H3. The summed E-state index contributed by atoms with van der Waals surface area (Å²) < 4.78 is 1.96. The summed E-state index contributed by atoms with van der Waals surface area (Å²) in [7, 11) is 1.98. The van der Waals surface area contributed by atoms with E-state index in [0.29, 0.717) is 6.04 Å². The van der Waals surface area contributed by atoms with Gasteiger partial charge in [0.15, 0.2) is 0 Å². The molecule has 0 aliphatic carbocycles. The number of hydrogen-bond donors (Lipinski definition) is 0. The van der Waals surface area contributed by atoms with E-state index >= 15 is 0 Å². The van der Waals surface area contributed by atoms with Crippen LogP contribution in [0.3, 0.4) is 0 Å². The SMILES string of the molecule is CC.CCN(Cc1nncn1C)C(C)C. The molecule has 0 bridgehead atoms. The van der Waals surface area contributed by atoms with Gasteiger partial charge in [-0.25, -0.2) is 0 Å². The Balaban J connectivity index is 0.000000921. The molecule has 0 aromatic carbocycles. The van der Waals surface area contributed by atoms with Crippen molar-refractivity contribution in [2.75, 3.05) is 6.54 Å². The van der Waals surface area contributed by atoms with Gasteiger partial charge in [0.1, 0.15) is 12.2 Å². The van der Waals surface area contributed by atoms with Gasteiger partial charge in [0.2, 0.25) is 0 Å². The Hall–Kier alpha value is -0.900. The van der Waals surface area contributed by atoms with Gasteiger partial charge < -0.3 is 4.57 Å². The Morgan fingerprint density at radius 1 is 1.40 bits per heavy atom. The molecule has 0 saturated heterocycles. The van der Waals surface area contributed by atoms with Crippen LogP contribution in [0.1, 0.15) is 40.4 Å². The molecule has 88 valence electrons. The van der Waals surface area contributed by atoms with E-state index in [1.165, 1.54) is 0 Å². The van der Waals surface area contributed by atoms with E-state index in [1.807, 2.05) is 25.5 Å². The first-order chi connectivity index (χ1) is 7.15. The molecule has 0 amide bonds. The molecular formula is C11H24N4. The van der Waals surface area contributed by atoms with Crippen LogP contribution in [-0.4, -0.2) is 32.3 Å². The zero-order chi connectivity index (χ0) is 11.8. The van der Waals surface area contributed by atoms with Crippen molar-refractivity contribution in [3.63, 3.8) is 0 Å². The summed E-state index contributed by atoms with van der Waals surface area (Å²) in [6.07, 6.45) is 1.74. The molecule has 0 aliphatic rings. The van der Waals surface area contributed by atoms with Crippen LogP contribution in [0.5, 0.6) is 0 Å². The van der Waals surface area contributed by atoms with E-state index in [4.69, 9.17) is 0 Å². The molecule has 4 nitrogen and oxygen atoms in total. The first kappa shape index (κ1) is 14.1. The third kappa shape index (κ3) is 4.42. The molecule has 0 unspecified atom stereocenters. The Bertz CT molecular complexity index is 255. The Labute approximate surface area is 93.3 Å². The maximum Gasteiger partial charge on any atom is 0.146 e. The van der Waals surface area contributed by atoms with Crippen LogP contribution in [0, 0.1) is 0 Å². The predicted octanol–water partition coefficient (Wildman–Crippen LogP) is 2.07. The van der Waals surface area contributed by atoms with E-state index in [2.05, 4.69) is 35.9 Å². The number of aromatic nitrogens is 3. The zero-order valence-electron chi connectivity index (χ0n) is 10.9. The van der Waals surface area contributed by atoms with Crippen molar-refractivity contribution in [2.24, 2.45) is 7.05 Å². The monoisotopic (exact) mass is 212 g/mol. The van der Waals surface area contributed by atoms with Crippen LogP contribution in [0.25, 0.3) is 0 Å². The molecule has 0 fully saturated rings. The smallest absolute Gasteiger partial charge is 0.146 e. The fourth-order valence-electron chi connectivity index (χ4n) is 1.29. The molecule has 0 spiro atoms. The fraction of sp³-hybridized carbons (Fsp3) is 0.818. The molecule has 0 aliphatic heterocycles. The highest BCUT2D eigenvalue weighted by Crippen LogP contribution is 2.03. The lowest BCUT2D eigenvalue weighted by Crippen LogP contribution is -2.31. The molecule has 1 rings (SSSR count). The normalized spacial score (nSPS) is 10.4. The summed E-state index contributed by atoms with van der Waals surface area (Å²) in [4.78, 5) is 2.35. The van der Waals surface area contributed by atoms with Gasteiger partial charge in [-0.2, -0.15) is 0 Å². The maximum atomic E-state index is 4.06. The average Bonchev–Trinajstić information content (AvgIpc) is 2.63. The van der Waals surface area contributed by atoms with Gasteiger partial charge in [-0.05, 0) is 20.4 Å². The van der Waals surface area contributed by atoms with Gasteiger partial charge in [0, 0.05) is 13.1 Å². The van der Waals surface area contributed by atoms with Crippen molar-refractivity contribution in [1.29, 1.82) is 0 Å². The molecule has 1 aromatic rings. The van der Waals surface area contributed by atoms with Crippen LogP contribution in [-0.2, 0) is 13.6 Å². The summed E-state index contributed by atoms with van der Waals surface area (Å²) in [5.41, 5.74) is 0. The average molecular weight is 212 g/mol. The number of nitrogens with zero attached hydrogens (tertiary/aromatic N) is 4. The number of rotatable bonds is 4. The van der Waals surface area contributed by atoms with E-state index in [9.17, 15) is 0 Å². The lowest BCUT2D eigenvalue weighted by Gasteiger charge is -2.23. The Kier molecular flexibility index (Phi) is 6.96. The molecule has 0 atom stereocenters. The molecule has 1 aromatic heterocycles. The summed E-state index contributed by atoms with van der Waals surface area (Å²) in [5.74, 6) is 1.02. The summed E-state index contributed by atoms with van der Waals surface area (Å²) >= 11 is 0. The second-order valence-corrected chi connectivity index (χ2v) is 3.51. The molecular weight excluding hydrogens is 188 g/mol. The van der Waals surface area contributed by atoms with Gasteiger partial charge in [-0.15, -0.1) is 10.2 Å². The van der Waals surface area contributed by atoms with Crippen LogP contribution in [0.4, 0.5) is 0 Å². The highest BCUT2D eigenvalue weighted by Gasteiger charge is 2.10. The van der Waals surface area contributed by atoms with Crippen molar-refractivity contribution in [1.82, 2.24) is 19.7 Å². The van der Waals surface area contributed by atoms with Crippen molar-refractivity contribution in [2.45, 2.75) is 47.2 Å². The van der Waals surface area contributed by atoms with E-state index < -0.39 is 0 Å². The summed E-state index contributed by atoms with van der Waals surface area (Å²) in [5, 5.41) is 7.91. The predicted molar refractivity (Wildman–Crippen MR) is 63.6 cm³/mol. The van der Waals surface area contributed by atoms with Gasteiger partial charge in [0.05, 0.1) is 6.54 Å². The molecule has 0 radical (unpaired) electrons. The lowest BCUT2D eigenvalue weighted by molar-refractivity contribution is 0.217. The van der Waals surface area contributed by atoms with Gasteiger partial charge in [-0.1, -0.05) is 20.8 Å². The van der Waals surface area contributed by atoms with Gasteiger partial charge in [0.25, 0.3) is 0 Å². The van der Waals surface area contributed by atoms with Gasteiger partial charge >= 0.3 is 0 Å². The molecule has 0 N–H and O–H groups in total. The maximum absolute atomic E-state index is 4.06. The van der Waals surface area contributed by atoms with Gasteiger partial charge in [-0.3, -0.25) is 4.90 Å². The summed E-state index contributed by atoms with van der Waals surface area (Å²) in [6, 6.07) is 0.557. The minimum atomic E-state index is 0.557. The van der Waals surface area contributed by atoms with E-state index in [0.717, 1.165) is 18.9 Å². The highest BCUT2D eigenvalue weighted by atomic mass is 15.3. The van der Waals surface area contributed by atoms with Crippen molar-refractivity contribution >= 4 is 0 Å². The van der Waals surface area contributed by atoms with E-state index in [1.54, 1.807) is 6.33 Å². The molecule has 0 saturated carbocycles. The summed E-state index contributed by atoms with van der Waals surface area (Å²) in [6.45, 7) is 12.5. The minimum Gasteiger partial charge on any atom is -0.320 e. The minimum absolute atomic E-state index is 0.557. The Morgan fingerprint density at radius 2 is 2.00 bits per heavy atom. The number of hydrogen-bond acceptors (Lipinski definition) is 3. The fourth-order valence-corrected chi connectivity index (χ4v) is 1.29. The first-order valence-electron chi connectivity index (χ1n) is 5.72. The molecule has 4 heteroatoms. The third-order valence-electron chi connectivity index (χ3n) is 2.29. The van der Waals surface area contributed by atoms with Crippen molar-refractivity contribution < 1.29 is 0 Å². The van der Waals surface area contributed by atoms with Crippen molar-refractivity contribution in [3.05, 3.63) is 12.2 Å². The van der Waals surface area contributed by atoms with Crippen LogP contribution >= 0.6 is 0 Å². The second-order valence-electron chi connectivity index (χ2n) is 3.51. The largest absolute Gasteiger partial charge is 0.320 e. The topological polar surface area (TPSA) is 34.0 Å². The van der Waals surface area contributed by atoms with E-state index in [-0.39, 0.29) is 0 Å². The van der Waals surface area contributed by atoms with Crippen LogP contribution < -0.4 is 0 Å². The second kappa shape index (κ2) is 7.40. The number of aryl methyl sites for hydroxylation is 1. The Morgan fingerprint density at radius 3 is 2.33 bits per heavy atom. The molecule has 15 heavy (non-hydrogen) atoms. The van der Waals surface area contributed by atoms with Crippen LogP contribution in [0.2, 0.25) is 0 Å². The zero-order valence-corrected chi connectivity index (χ0v) is 10.9. The lowest BCUT2D eigenvalue weighted by atomic mass is 10.3. The van der Waals surface area contributed by atoms with Crippen molar-refractivity contribution in [3.8, 4) is 0 Å². The third-order valence-corrected chi connectivity index (χ3v) is 2.29. The van der Waals surface area contributed by atoms with Crippen LogP contribution in [0.15, 0.2) is 6.33 Å². The first-order valence-corrected chi connectivity index (χ1v) is 5.72.